The molecule has 0 saturated heterocycles. The van der Waals surface area contributed by atoms with Gasteiger partial charge in [-0.15, -0.1) is 11.8 Å². The van der Waals surface area contributed by atoms with Crippen molar-refractivity contribution >= 4 is 11.8 Å². The van der Waals surface area contributed by atoms with Crippen LogP contribution in [0, 0.1) is 0 Å². The Hall–Kier alpha value is -0.510. The Kier molecular flexibility index (Phi) is 4.14. The highest BCUT2D eigenvalue weighted by atomic mass is 32.2. The average Bonchev–Trinajstić information content (AvgIpc) is 2.16. The predicted molar refractivity (Wildman–Crippen MR) is 52.2 cm³/mol. The molecule has 0 aliphatic carbocycles. The molecule has 0 amide bonds. The summed E-state index contributed by atoms with van der Waals surface area (Å²) in [7, 11) is 0. The van der Waals surface area contributed by atoms with E-state index < -0.39 is 6.10 Å². The second-order valence-corrected chi connectivity index (χ2v) is 3.61. The third kappa shape index (κ3) is 3.26. The van der Waals surface area contributed by atoms with Crippen LogP contribution in [0.4, 0.5) is 0 Å². The second-order valence-electron chi connectivity index (χ2n) is 2.51. The normalized spacial score (nSPS) is 12.8. The third-order valence-corrected chi connectivity index (χ3v) is 2.61. The van der Waals surface area contributed by atoms with Gasteiger partial charge in [-0.25, -0.2) is 0 Å². The van der Waals surface area contributed by atoms with E-state index in [-0.39, 0.29) is 0 Å². The Labute approximate surface area is 76.8 Å². The smallest absolute Gasteiger partial charge is 0.0756 e. The maximum Gasteiger partial charge on any atom is 0.0756 e. The Morgan fingerprint density at radius 1 is 1.33 bits per heavy atom. The number of hydrogen-bond acceptors (Lipinski definition) is 3. The summed E-state index contributed by atoms with van der Waals surface area (Å²) in [5.41, 5.74) is 5.27. The lowest BCUT2D eigenvalue weighted by Gasteiger charge is -2.06. The SMILES string of the molecule is NC[C@@H](O)CSc1ccccc1. The molecule has 0 heterocycles. The molecule has 0 radical (unpaired) electrons. The number of aliphatic hydroxyl groups is 1. The average molecular weight is 183 g/mol. The van der Waals surface area contributed by atoms with Gasteiger partial charge in [0.05, 0.1) is 6.10 Å². The van der Waals surface area contributed by atoms with Crippen molar-refractivity contribution in [3.63, 3.8) is 0 Å². The van der Waals surface area contributed by atoms with Gasteiger partial charge in [0.1, 0.15) is 0 Å². The van der Waals surface area contributed by atoms with Gasteiger partial charge in [-0.05, 0) is 12.1 Å². The van der Waals surface area contributed by atoms with E-state index in [0.717, 1.165) is 0 Å². The van der Waals surface area contributed by atoms with E-state index in [1.54, 1.807) is 11.8 Å². The molecule has 1 aromatic carbocycles. The zero-order chi connectivity index (χ0) is 8.81. The summed E-state index contributed by atoms with van der Waals surface area (Å²) in [5, 5.41) is 9.17. The van der Waals surface area contributed by atoms with Gasteiger partial charge in [0.25, 0.3) is 0 Å². The molecular formula is C9H13NOS. The highest BCUT2D eigenvalue weighted by molar-refractivity contribution is 7.99. The summed E-state index contributed by atoms with van der Waals surface area (Å²) in [4.78, 5) is 1.17. The Bertz CT molecular complexity index is 215. The van der Waals surface area contributed by atoms with E-state index in [4.69, 9.17) is 5.73 Å². The van der Waals surface area contributed by atoms with Crippen molar-refractivity contribution in [2.75, 3.05) is 12.3 Å². The first-order valence-electron chi connectivity index (χ1n) is 3.89. The molecule has 0 aliphatic heterocycles. The van der Waals surface area contributed by atoms with Crippen LogP contribution in [-0.2, 0) is 0 Å². The molecule has 1 rings (SSSR count). The van der Waals surface area contributed by atoms with Gasteiger partial charge in [-0.2, -0.15) is 0 Å². The van der Waals surface area contributed by atoms with Gasteiger partial charge in [0, 0.05) is 17.2 Å². The topological polar surface area (TPSA) is 46.2 Å². The van der Waals surface area contributed by atoms with Crippen LogP contribution >= 0.6 is 11.8 Å². The zero-order valence-corrected chi connectivity index (χ0v) is 7.63. The van der Waals surface area contributed by atoms with Crippen molar-refractivity contribution in [2.45, 2.75) is 11.0 Å². The molecular weight excluding hydrogens is 170 g/mol. The van der Waals surface area contributed by atoms with Gasteiger partial charge in [-0.1, -0.05) is 18.2 Å². The molecule has 0 saturated carbocycles. The van der Waals surface area contributed by atoms with Crippen LogP contribution in [0.5, 0.6) is 0 Å². The minimum Gasteiger partial charge on any atom is -0.391 e. The molecule has 2 nitrogen and oxygen atoms in total. The Balaban J connectivity index is 2.33. The molecule has 0 spiro atoms. The third-order valence-electron chi connectivity index (χ3n) is 1.46. The second kappa shape index (κ2) is 5.19. The van der Waals surface area contributed by atoms with Crippen molar-refractivity contribution in [1.29, 1.82) is 0 Å². The van der Waals surface area contributed by atoms with E-state index in [1.807, 2.05) is 30.3 Å². The largest absolute Gasteiger partial charge is 0.391 e. The monoisotopic (exact) mass is 183 g/mol. The molecule has 1 aromatic rings. The fraction of sp³-hybridized carbons (Fsp3) is 0.333. The molecule has 66 valence electrons. The van der Waals surface area contributed by atoms with Crippen LogP contribution in [-0.4, -0.2) is 23.5 Å². The fourth-order valence-corrected chi connectivity index (χ4v) is 1.65. The lowest BCUT2D eigenvalue weighted by atomic mass is 10.4. The first-order valence-corrected chi connectivity index (χ1v) is 4.87. The molecule has 0 aromatic heterocycles. The van der Waals surface area contributed by atoms with E-state index in [0.29, 0.717) is 12.3 Å². The molecule has 12 heavy (non-hydrogen) atoms. The first kappa shape index (κ1) is 9.58. The van der Waals surface area contributed by atoms with Crippen molar-refractivity contribution in [3.8, 4) is 0 Å². The van der Waals surface area contributed by atoms with Gasteiger partial charge < -0.3 is 10.8 Å². The fourth-order valence-electron chi connectivity index (χ4n) is 0.777. The van der Waals surface area contributed by atoms with Gasteiger partial charge in [-0.3, -0.25) is 0 Å². The summed E-state index contributed by atoms with van der Waals surface area (Å²) in [5.74, 6) is 0.667. The standard InChI is InChI=1S/C9H13NOS/c10-6-8(11)7-12-9-4-2-1-3-5-9/h1-5,8,11H,6-7,10H2/t8-/m1/s1. The van der Waals surface area contributed by atoms with Crippen LogP contribution in [0.3, 0.4) is 0 Å². The summed E-state index contributed by atoms with van der Waals surface area (Å²) >= 11 is 1.62. The minimum absolute atomic E-state index is 0.333. The van der Waals surface area contributed by atoms with Crippen LogP contribution < -0.4 is 5.73 Å². The first-order chi connectivity index (χ1) is 5.83. The molecule has 3 heteroatoms. The van der Waals surface area contributed by atoms with Gasteiger partial charge in [0.2, 0.25) is 0 Å². The zero-order valence-electron chi connectivity index (χ0n) is 6.81. The number of benzene rings is 1. The van der Waals surface area contributed by atoms with Crippen LogP contribution in [0.2, 0.25) is 0 Å². The van der Waals surface area contributed by atoms with Crippen molar-refractivity contribution < 1.29 is 5.11 Å². The van der Waals surface area contributed by atoms with Crippen molar-refractivity contribution in [2.24, 2.45) is 5.73 Å². The number of rotatable bonds is 4. The number of thioether (sulfide) groups is 1. The quantitative estimate of drug-likeness (QED) is 0.687. The van der Waals surface area contributed by atoms with Crippen LogP contribution in [0.15, 0.2) is 35.2 Å². The Morgan fingerprint density at radius 3 is 2.58 bits per heavy atom. The summed E-state index contributed by atoms with van der Waals surface area (Å²) in [6, 6.07) is 9.99. The predicted octanol–water partition coefficient (Wildman–Crippen LogP) is 1.10. The van der Waals surface area contributed by atoms with E-state index in [1.165, 1.54) is 4.90 Å². The molecule has 3 N–H and O–H groups in total. The molecule has 1 atom stereocenters. The highest BCUT2D eigenvalue weighted by Gasteiger charge is 2.00. The maximum atomic E-state index is 9.17. The number of hydrogen-bond donors (Lipinski definition) is 2. The molecule has 0 unspecified atom stereocenters. The van der Waals surface area contributed by atoms with Crippen LogP contribution in [0.1, 0.15) is 0 Å². The molecule has 0 aliphatic rings. The Morgan fingerprint density at radius 2 is 2.00 bits per heavy atom. The lowest BCUT2D eigenvalue weighted by molar-refractivity contribution is 0.208. The summed E-state index contributed by atoms with van der Waals surface area (Å²) in [6.45, 7) is 0.333. The highest BCUT2D eigenvalue weighted by Crippen LogP contribution is 2.17. The van der Waals surface area contributed by atoms with E-state index in [2.05, 4.69) is 0 Å². The summed E-state index contributed by atoms with van der Waals surface area (Å²) < 4.78 is 0. The number of nitrogens with two attached hydrogens (primary N) is 1. The lowest BCUT2D eigenvalue weighted by Crippen LogP contribution is -2.21. The molecule has 0 fully saturated rings. The maximum absolute atomic E-state index is 9.17. The molecule has 0 bridgehead atoms. The van der Waals surface area contributed by atoms with Crippen LogP contribution in [0.25, 0.3) is 0 Å². The number of aliphatic hydroxyl groups excluding tert-OH is 1. The van der Waals surface area contributed by atoms with Crippen molar-refractivity contribution in [3.05, 3.63) is 30.3 Å². The van der Waals surface area contributed by atoms with E-state index in [9.17, 15) is 5.11 Å². The van der Waals surface area contributed by atoms with Gasteiger partial charge in [0.15, 0.2) is 0 Å². The van der Waals surface area contributed by atoms with E-state index >= 15 is 0 Å². The summed E-state index contributed by atoms with van der Waals surface area (Å²) in [6.07, 6.45) is -0.393. The van der Waals surface area contributed by atoms with Gasteiger partial charge >= 0.3 is 0 Å². The minimum atomic E-state index is -0.393. The van der Waals surface area contributed by atoms with Crippen molar-refractivity contribution in [1.82, 2.24) is 0 Å².